The van der Waals surface area contributed by atoms with Crippen molar-refractivity contribution in [1.82, 2.24) is 9.78 Å². The largest absolute Gasteiger partial charge is 0.378 e. The zero-order chi connectivity index (χ0) is 13.1. The third kappa shape index (κ3) is 2.73. The molecule has 0 aliphatic rings. The number of benzene rings is 1. The molecule has 2 rings (SSSR count). The monoisotopic (exact) mass is 243 g/mol. The zero-order valence-electron chi connectivity index (χ0n) is 11.5. The van der Waals surface area contributed by atoms with Crippen molar-refractivity contribution in [2.45, 2.75) is 32.7 Å². The third-order valence-corrected chi connectivity index (χ3v) is 3.18. The Balaban J connectivity index is 2.19. The molecule has 1 N–H and O–H groups in total. The van der Waals surface area contributed by atoms with Crippen LogP contribution in [0, 0.1) is 0 Å². The van der Waals surface area contributed by atoms with Gasteiger partial charge in [0, 0.05) is 24.5 Å². The summed E-state index contributed by atoms with van der Waals surface area (Å²) in [6, 6.07) is 8.75. The van der Waals surface area contributed by atoms with E-state index in [2.05, 4.69) is 61.6 Å². The minimum absolute atomic E-state index is 0.263. The van der Waals surface area contributed by atoms with E-state index in [0.29, 0.717) is 5.92 Å². The van der Waals surface area contributed by atoms with Gasteiger partial charge in [-0.1, -0.05) is 32.0 Å². The van der Waals surface area contributed by atoms with Crippen LogP contribution in [0.4, 0.5) is 5.69 Å². The van der Waals surface area contributed by atoms with Gasteiger partial charge in [-0.2, -0.15) is 5.10 Å². The molecule has 1 aromatic heterocycles. The molecule has 3 nitrogen and oxygen atoms in total. The Morgan fingerprint density at radius 2 is 1.89 bits per heavy atom. The van der Waals surface area contributed by atoms with Crippen molar-refractivity contribution in [3.63, 3.8) is 0 Å². The molecule has 1 atom stereocenters. The number of anilines is 1. The number of hydrogen-bond donors (Lipinski definition) is 1. The Kier molecular flexibility index (Phi) is 3.70. The van der Waals surface area contributed by atoms with Crippen molar-refractivity contribution in [2.75, 3.05) is 5.32 Å². The molecule has 0 bridgehead atoms. The predicted molar refractivity (Wildman–Crippen MR) is 75.8 cm³/mol. The quantitative estimate of drug-likeness (QED) is 0.887. The highest BCUT2D eigenvalue weighted by Crippen LogP contribution is 2.27. The van der Waals surface area contributed by atoms with E-state index in [4.69, 9.17) is 0 Å². The van der Waals surface area contributed by atoms with E-state index in [0.717, 1.165) is 0 Å². The average molecular weight is 243 g/mol. The van der Waals surface area contributed by atoms with Gasteiger partial charge in [-0.3, -0.25) is 4.68 Å². The first-order valence-corrected chi connectivity index (χ1v) is 6.42. The molecular weight excluding hydrogens is 222 g/mol. The maximum atomic E-state index is 4.21. The van der Waals surface area contributed by atoms with Crippen LogP contribution in [0.1, 0.15) is 43.9 Å². The first kappa shape index (κ1) is 12.7. The van der Waals surface area contributed by atoms with E-state index in [1.54, 1.807) is 0 Å². The summed E-state index contributed by atoms with van der Waals surface area (Å²) in [5.41, 5.74) is 3.77. The summed E-state index contributed by atoms with van der Waals surface area (Å²) < 4.78 is 1.84. The number of rotatable bonds is 4. The van der Waals surface area contributed by atoms with E-state index in [1.165, 1.54) is 16.8 Å². The molecule has 2 aromatic rings. The lowest BCUT2D eigenvalue weighted by Gasteiger charge is -2.18. The maximum Gasteiger partial charge on any atom is 0.0542 e. The summed E-state index contributed by atoms with van der Waals surface area (Å²) in [5, 5.41) is 7.78. The number of nitrogens with one attached hydrogen (secondary N) is 1. The van der Waals surface area contributed by atoms with Gasteiger partial charge in [-0.15, -0.1) is 0 Å². The number of aromatic nitrogens is 2. The highest BCUT2D eigenvalue weighted by molar-refractivity contribution is 5.53. The van der Waals surface area contributed by atoms with Crippen LogP contribution >= 0.6 is 0 Å². The van der Waals surface area contributed by atoms with Gasteiger partial charge in [0.05, 0.1) is 12.2 Å². The van der Waals surface area contributed by atoms with E-state index in [1.807, 2.05) is 17.9 Å². The zero-order valence-corrected chi connectivity index (χ0v) is 11.5. The Hall–Kier alpha value is -1.77. The van der Waals surface area contributed by atoms with Crippen LogP contribution in [0.3, 0.4) is 0 Å². The Morgan fingerprint density at radius 3 is 2.50 bits per heavy atom. The van der Waals surface area contributed by atoms with Gasteiger partial charge >= 0.3 is 0 Å². The predicted octanol–water partition coefficient (Wildman–Crippen LogP) is 3.72. The number of para-hydroxylation sites is 1. The van der Waals surface area contributed by atoms with E-state index < -0.39 is 0 Å². The van der Waals surface area contributed by atoms with Crippen LogP contribution in [0.25, 0.3) is 0 Å². The highest BCUT2D eigenvalue weighted by atomic mass is 15.2. The van der Waals surface area contributed by atoms with Gasteiger partial charge < -0.3 is 5.32 Å². The van der Waals surface area contributed by atoms with Crippen molar-refractivity contribution in [2.24, 2.45) is 7.05 Å². The summed E-state index contributed by atoms with van der Waals surface area (Å²) in [6.45, 7) is 6.60. The second-order valence-corrected chi connectivity index (χ2v) is 5.06. The van der Waals surface area contributed by atoms with Crippen LogP contribution < -0.4 is 5.32 Å². The van der Waals surface area contributed by atoms with Gasteiger partial charge in [0.2, 0.25) is 0 Å². The molecule has 0 spiro atoms. The fraction of sp³-hybridized carbons (Fsp3) is 0.400. The summed E-state index contributed by atoms with van der Waals surface area (Å²) in [6.07, 6.45) is 3.96. The smallest absolute Gasteiger partial charge is 0.0542 e. The number of nitrogens with zero attached hydrogens (tertiary/aromatic N) is 2. The molecule has 3 heteroatoms. The van der Waals surface area contributed by atoms with Gasteiger partial charge in [-0.25, -0.2) is 0 Å². The van der Waals surface area contributed by atoms with Crippen molar-refractivity contribution >= 4 is 5.69 Å². The third-order valence-electron chi connectivity index (χ3n) is 3.18. The molecule has 1 heterocycles. The van der Waals surface area contributed by atoms with Gasteiger partial charge in [0.15, 0.2) is 0 Å². The Labute approximate surface area is 109 Å². The number of aryl methyl sites for hydroxylation is 1. The van der Waals surface area contributed by atoms with Crippen molar-refractivity contribution in [3.05, 3.63) is 47.8 Å². The summed E-state index contributed by atoms with van der Waals surface area (Å²) in [5.74, 6) is 0.523. The Morgan fingerprint density at radius 1 is 1.17 bits per heavy atom. The Bertz CT molecular complexity index is 514. The molecule has 0 amide bonds. The van der Waals surface area contributed by atoms with Crippen LogP contribution in [0.15, 0.2) is 36.7 Å². The van der Waals surface area contributed by atoms with Gasteiger partial charge in [0.1, 0.15) is 0 Å². The SMILES string of the molecule is CC(C)c1ccccc1NC(C)c1cnn(C)c1. The molecule has 0 fully saturated rings. The average Bonchev–Trinajstić information content (AvgIpc) is 2.76. The van der Waals surface area contributed by atoms with Crippen LogP contribution in [0.5, 0.6) is 0 Å². The van der Waals surface area contributed by atoms with Crippen molar-refractivity contribution in [3.8, 4) is 0 Å². The molecule has 0 radical (unpaired) electrons. The standard InChI is InChI=1S/C15H21N3/c1-11(2)14-7-5-6-8-15(14)17-12(3)13-9-16-18(4)10-13/h5-12,17H,1-4H3. The fourth-order valence-electron chi connectivity index (χ4n) is 2.11. The highest BCUT2D eigenvalue weighted by Gasteiger charge is 2.11. The van der Waals surface area contributed by atoms with Gasteiger partial charge in [0.25, 0.3) is 0 Å². The second-order valence-electron chi connectivity index (χ2n) is 5.06. The molecule has 1 unspecified atom stereocenters. The van der Waals surface area contributed by atoms with Crippen LogP contribution in [0.2, 0.25) is 0 Å². The fourth-order valence-corrected chi connectivity index (χ4v) is 2.11. The van der Waals surface area contributed by atoms with E-state index in [9.17, 15) is 0 Å². The van der Waals surface area contributed by atoms with E-state index in [-0.39, 0.29) is 6.04 Å². The summed E-state index contributed by atoms with van der Waals surface area (Å²) in [7, 11) is 1.94. The topological polar surface area (TPSA) is 29.9 Å². The molecule has 0 saturated heterocycles. The number of hydrogen-bond acceptors (Lipinski definition) is 2. The lowest BCUT2D eigenvalue weighted by molar-refractivity contribution is 0.765. The molecular formula is C15H21N3. The minimum Gasteiger partial charge on any atom is -0.378 e. The van der Waals surface area contributed by atoms with E-state index >= 15 is 0 Å². The lowest BCUT2D eigenvalue weighted by Crippen LogP contribution is -2.08. The van der Waals surface area contributed by atoms with Crippen LogP contribution in [-0.4, -0.2) is 9.78 Å². The first-order valence-electron chi connectivity index (χ1n) is 6.42. The summed E-state index contributed by atoms with van der Waals surface area (Å²) in [4.78, 5) is 0. The van der Waals surface area contributed by atoms with Crippen LogP contribution in [-0.2, 0) is 7.05 Å². The lowest BCUT2D eigenvalue weighted by atomic mass is 10.0. The first-order chi connectivity index (χ1) is 8.58. The van der Waals surface area contributed by atoms with Crippen molar-refractivity contribution < 1.29 is 0 Å². The molecule has 96 valence electrons. The minimum atomic E-state index is 0.263. The normalized spacial score (nSPS) is 12.7. The maximum absolute atomic E-state index is 4.21. The van der Waals surface area contributed by atoms with Gasteiger partial charge in [-0.05, 0) is 24.5 Å². The van der Waals surface area contributed by atoms with Crippen molar-refractivity contribution in [1.29, 1.82) is 0 Å². The molecule has 1 aromatic carbocycles. The second kappa shape index (κ2) is 5.25. The molecule has 0 aliphatic carbocycles. The molecule has 0 aliphatic heterocycles. The summed E-state index contributed by atoms with van der Waals surface area (Å²) >= 11 is 0. The molecule has 0 saturated carbocycles. The molecule has 18 heavy (non-hydrogen) atoms.